The van der Waals surface area contributed by atoms with E-state index in [2.05, 4.69) is 10.6 Å². The van der Waals surface area contributed by atoms with Crippen molar-refractivity contribution < 1.29 is 9.90 Å². The van der Waals surface area contributed by atoms with Gasteiger partial charge in [0.1, 0.15) is 0 Å². The van der Waals surface area contributed by atoms with Gasteiger partial charge < -0.3 is 15.7 Å². The highest BCUT2D eigenvalue weighted by Gasteiger charge is 2.01. The Morgan fingerprint density at radius 1 is 1.41 bits per heavy atom. The molecule has 0 unspecified atom stereocenters. The molecule has 3 N–H and O–H groups in total. The summed E-state index contributed by atoms with van der Waals surface area (Å²) < 4.78 is 0. The average Bonchev–Trinajstić information content (AvgIpc) is 2.34. The van der Waals surface area contributed by atoms with E-state index < -0.39 is 0 Å². The first-order valence-electron chi connectivity index (χ1n) is 5.96. The molecule has 0 saturated carbocycles. The van der Waals surface area contributed by atoms with E-state index in [1.165, 1.54) is 0 Å². The number of hydrogen-bond acceptors (Lipinski definition) is 3. The van der Waals surface area contributed by atoms with Gasteiger partial charge in [0.15, 0.2) is 0 Å². The molecule has 0 aliphatic carbocycles. The van der Waals surface area contributed by atoms with Crippen molar-refractivity contribution in [3.63, 3.8) is 0 Å². The molecule has 0 spiro atoms. The summed E-state index contributed by atoms with van der Waals surface area (Å²) in [5.74, 6) is -0.0360. The van der Waals surface area contributed by atoms with E-state index in [0.29, 0.717) is 6.54 Å². The molecular formula is C13H20N2O2. The van der Waals surface area contributed by atoms with Crippen LogP contribution in [0.4, 0.5) is 5.69 Å². The summed E-state index contributed by atoms with van der Waals surface area (Å²) >= 11 is 0. The van der Waals surface area contributed by atoms with Crippen LogP contribution in [0.5, 0.6) is 0 Å². The molecule has 0 saturated heterocycles. The summed E-state index contributed by atoms with van der Waals surface area (Å²) in [4.78, 5) is 11.5. The third-order valence-electron chi connectivity index (χ3n) is 2.37. The largest absolute Gasteiger partial charge is 0.396 e. The quantitative estimate of drug-likeness (QED) is 0.665. The van der Waals surface area contributed by atoms with E-state index in [-0.39, 0.29) is 12.5 Å². The van der Waals surface area contributed by atoms with Crippen LogP contribution in [0.25, 0.3) is 0 Å². The van der Waals surface area contributed by atoms with Crippen LogP contribution in [0, 0.1) is 0 Å². The number of amides is 1. The number of aliphatic hydroxyl groups is 1. The van der Waals surface area contributed by atoms with Gasteiger partial charge in [-0.05, 0) is 37.1 Å². The Labute approximate surface area is 102 Å². The number of aryl methyl sites for hydroxylation is 1. The SMILES string of the molecule is CCNCC(=O)Nc1cccc(CCCO)c1. The predicted molar refractivity (Wildman–Crippen MR) is 69.0 cm³/mol. The van der Waals surface area contributed by atoms with Crippen molar-refractivity contribution in [1.29, 1.82) is 0 Å². The monoisotopic (exact) mass is 236 g/mol. The average molecular weight is 236 g/mol. The van der Waals surface area contributed by atoms with Gasteiger partial charge in [-0.25, -0.2) is 0 Å². The van der Waals surface area contributed by atoms with Crippen molar-refractivity contribution in [2.45, 2.75) is 19.8 Å². The van der Waals surface area contributed by atoms with Crippen molar-refractivity contribution in [3.8, 4) is 0 Å². The summed E-state index contributed by atoms with van der Waals surface area (Å²) in [7, 11) is 0. The first-order valence-corrected chi connectivity index (χ1v) is 5.96. The predicted octanol–water partition coefficient (Wildman–Crippen LogP) is 1.16. The number of aliphatic hydroxyl groups excluding tert-OH is 1. The molecule has 0 bridgehead atoms. The molecule has 4 nitrogen and oxygen atoms in total. The van der Waals surface area contributed by atoms with Gasteiger partial charge in [-0.3, -0.25) is 4.79 Å². The van der Waals surface area contributed by atoms with Crippen molar-refractivity contribution >= 4 is 11.6 Å². The number of carbonyl (C=O) groups excluding carboxylic acids is 1. The zero-order chi connectivity index (χ0) is 12.5. The van der Waals surface area contributed by atoms with Crippen LogP contribution in [0.2, 0.25) is 0 Å². The molecule has 0 heterocycles. The lowest BCUT2D eigenvalue weighted by molar-refractivity contribution is -0.115. The van der Waals surface area contributed by atoms with Gasteiger partial charge >= 0.3 is 0 Å². The third kappa shape index (κ3) is 5.47. The zero-order valence-corrected chi connectivity index (χ0v) is 10.2. The fraction of sp³-hybridized carbons (Fsp3) is 0.462. The maximum Gasteiger partial charge on any atom is 0.238 e. The van der Waals surface area contributed by atoms with Gasteiger partial charge in [0.05, 0.1) is 6.54 Å². The highest BCUT2D eigenvalue weighted by Crippen LogP contribution is 2.11. The highest BCUT2D eigenvalue weighted by atomic mass is 16.2. The number of likely N-dealkylation sites (N-methyl/N-ethyl adjacent to an activating group) is 1. The normalized spacial score (nSPS) is 10.2. The molecule has 1 rings (SSSR count). The van der Waals surface area contributed by atoms with Crippen LogP contribution in [0.1, 0.15) is 18.9 Å². The smallest absolute Gasteiger partial charge is 0.238 e. The van der Waals surface area contributed by atoms with Gasteiger partial charge in [0.25, 0.3) is 0 Å². The number of rotatable bonds is 7. The minimum Gasteiger partial charge on any atom is -0.396 e. The molecular weight excluding hydrogens is 216 g/mol. The number of hydrogen-bond donors (Lipinski definition) is 3. The second-order valence-corrected chi connectivity index (χ2v) is 3.86. The molecule has 4 heteroatoms. The van der Waals surface area contributed by atoms with Crippen LogP contribution >= 0.6 is 0 Å². The van der Waals surface area contributed by atoms with E-state index in [1.54, 1.807) is 0 Å². The topological polar surface area (TPSA) is 61.4 Å². The van der Waals surface area contributed by atoms with Crippen molar-refractivity contribution in [2.24, 2.45) is 0 Å². The molecule has 0 aliphatic rings. The Morgan fingerprint density at radius 2 is 2.24 bits per heavy atom. The highest BCUT2D eigenvalue weighted by molar-refractivity contribution is 5.92. The molecule has 94 valence electrons. The fourth-order valence-corrected chi connectivity index (χ4v) is 1.53. The van der Waals surface area contributed by atoms with Crippen molar-refractivity contribution in [1.82, 2.24) is 5.32 Å². The fourth-order valence-electron chi connectivity index (χ4n) is 1.53. The van der Waals surface area contributed by atoms with Gasteiger partial charge in [-0.1, -0.05) is 19.1 Å². The van der Waals surface area contributed by atoms with E-state index in [9.17, 15) is 4.79 Å². The standard InChI is InChI=1S/C13H20N2O2/c1-2-14-10-13(17)15-12-7-3-5-11(9-12)6-4-8-16/h3,5,7,9,14,16H,2,4,6,8,10H2,1H3,(H,15,17). The van der Waals surface area contributed by atoms with Crippen LogP contribution < -0.4 is 10.6 Å². The molecule has 1 aromatic rings. The molecule has 0 aliphatic heterocycles. The lowest BCUT2D eigenvalue weighted by Gasteiger charge is -2.07. The van der Waals surface area contributed by atoms with Crippen LogP contribution in [0.3, 0.4) is 0 Å². The summed E-state index contributed by atoms with van der Waals surface area (Å²) in [5, 5.41) is 14.6. The number of anilines is 1. The molecule has 0 radical (unpaired) electrons. The van der Waals surface area contributed by atoms with E-state index >= 15 is 0 Å². The Bertz CT molecular complexity index is 353. The number of benzene rings is 1. The maximum atomic E-state index is 11.5. The molecule has 1 amide bonds. The van der Waals surface area contributed by atoms with E-state index in [0.717, 1.165) is 30.6 Å². The molecule has 17 heavy (non-hydrogen) atoms. The zero-order valence-electron chi connectivity index (χ0n) is 10.2. The van der Waals surface area contributed by atoms with Gasteiger partial charge in [-0.15, -0.1) is 0 Å². The summed E-state index contributed by atoms with van der Waals surface area (Å²) in [6.07, 6.45) is 1.57. The third-order valence-corrected chi connectivity index (χ3v) is 2.37. The lowest BCUT2D eigenvalue weighted by Crippen LogP contribution is -2.27. The van der Waals surface area contributed by atoms with Crippen molar-refractivity contribution in [2.75, 3.05) is 25.0 Å². The van der Waals surface area contributed by atoms with Crippen LogP contribution in [-0.4, -0.2) is 30.7 Å². The minimum atomic E-state index is -0.0360. The van der Waals surface area contributed by atoms with Crippen LogP contribution in [0.15, 0.2) is 24.3 Å². The second kappa shape index (κ2) is 7.81. The Morgan fingerprint density at radius 3 is 2.94 bits per heavy atom. The summed E-state index contributed by atoms with van der Waals surface area (Å²) in [6, 6.07) is 7.72. The number of carbonyl (C=O) groups is 1. The Balaban J connectivity index is 2.50. The minimum absolute atomic E-state index is 0.0360. The summed E-state index contributed by atoms with van der Waals surface area (Å²) in [6.45, 7) is 3.27. The van der Waals surface area contributed by atoms with Gasteiger partial charge in [0, 0.05) is 12.3 Å². The second-order valence-electron chi connectivity index (χ2n) is 3.86. The van der Waals surface area contributed by atoms with Crippen molar-refractivity contribution in [3.05, 3.63) is 29.8 Å². The first-order chi connectivity index (χ1) is 8.26. The van der Waals surface area contributed by atoms with Gasteiger partial charge in [0.2, 0.25) is 5.91 Å². The lowest BCUT2D eigenvalue weighted by atomic mass is 10.1. The molecule has 0 fully saturated rings. The maximum absolute atomic E-state index is 11.5. The van der Waals surface area contributed by atoms with Crippen LogP contribution in [-0.2, 0) is 11.2 Å². The molecule has 0 aromatic heterocycles. The Kier molecular flexibility index (Phi) is 6.29. The van der Waals surface area contributed by atoms with E-state index in [4.69, 9.17) is 5.11 Å². The molecule has 1 aromatic carbocycles. The Hall–Kier alpha value is -1.39. The molecule has 0 atom stereocenters. The van der Waals surface area contributed by atoms with E-state index in [1.807, 2.05) is 31.2 Å². The first kappa shape index (κ1) is 13.7. The number of nitrogens with one attached hydrogen (secondary N) is 2. The summed E-state index contributed by atoms with van der Waals surface area (Å²) in [5.41, 5.74) is 1.93. The van der Waals surface area contributed by atoms with Gasteiger partial charge in [-0.2, -0.15) is 0 Å².